The highest BCUT2D eigenvalue weighted by molar-refractivity contribution is 5.96. The maximum absolute atomic E-state index is 12.5. The lowest BCUT2D eigenvalue weighted by atomic mass is 10.0. The van der Waals surface area contributed by atoms with Crippen LogP contribution in [0.1, 0.15) is 42.3 Å². The van der Waals surface area contributed by atoms with Crippen LogP contribution in [0.2, 0.25) is 0 Å². The molecule has 0 heterocycles. The van der Waals surface area contributed by atoms with Gasteiger partial charge in [-0.1, -0.05) is 30.3 Å². The lowest BCUT2D eigenvalue weighted by Crippen LogP contribution is -2.35. The average molecular weight is 371 g/mol. The fourth-order valence-corrected chi connectivity index (χ4v) is 3.03. The normalized spacial score (nSPS) is 13.0. The number of benzene rings is 2. The fraction of sp³-hybridized carbons (Fsp3) is 0.409. The summed E-state index contributed by atoms with van der Waals surface area (Å²) in [5.41, 5.74) is 1.75. The fourth-order valence-electron chi connectivity index (χ4n) is 3.03. The van der Waals surface area contributed by atoms with Crippen LogP contribution in [-0.2, 0) is 4.74 Å². The number of carbonyl (C=O) groups excluding carboxylic acids is 1. The second-order valence-electron chi connectivity index (χ2n) is 6.27. The number of Topliss-reactive ketones (excluding diaryl/α,β-unsaturated/α-hetero) is 1. The summed E-state index contributed by atoms with van der Waals surface area (Å²) in [4.78, 5) is 12.5. The van der Waals surface area contributed by atoms with Crippen molar-refractivity contribution in [2.24, 2.45) is 0 Å². The Hall–Kier alpha value is -2.37. The molecule has 0 radical (unpaired) electrons. The zero-order valence-corrected chi connectivity index (χ0v) is 16.5. The Morgan fingerprint density at radius 2 is 1.74 bits per heavy atom. The van der Waals surface area contributed by atoms with Crippen molar-refractivity contribution in [3.8, 4) is 11.5 Å². The summed E-state index contributed by atoms with van der Waals surface area (Å²) in [6.07, 6.45) is 0.348. The molecule has 0 aliphatic carbocycles. The van der Waals surface area contributed by atoms with E-state index >= 15 is 0 Å². The summed E-state index contributed by atoms with van der Waals surface area (Å²) in [5, 5.41) is 3.42. The highest BCUT2D eigenvalue weighted by atomic mass is 16.5. The van der Waals surface area contributed by atoms with Gasteiger partial charge in [-0.2, -0.15) is 0 Å². The molecule has 0 amide bonds. The van der Waals surface area contributed by atoms with Crippen molar-refractivity contribution >= 4 is 5.78 Å². The van der Waals surface area contributed by atoms with E-state index in [0.717, 1.165) is 5.56 Å². The van der Waals surface area contributed by atoms with Crippen LogP contribution < -0.4 is 14.8 Å². The van der Waals surface area contributed by atoms with Gasteiger partial charge in [0.25, 0.3) is 0 Å². The molecule has 0 aliphatic rings. The predicted molar refractivity (Wildman–Crippen MR) is 107 cm³/mol. The van der Waals surface area contributed by atoms with E-state index in [-0.39, 0.29) is 17.9 Å². The topological polar surface area (TPSA) is 56.8 Å². The largest absolute Gasteiger partial charge is 0.493 e. The molecule has 0 aliphatic heterocycles. The SMILES string of the molecule is CCOC(c1ccccc1)C(C)NCCC(=O)c1ccc(OC)c(OC)c1. The van der Waals surface area contributed by atoms with E-state index in [2.05, 4.69) is 24.4 Å². The predicted octanol–water partition coefficient (Wildman–Crippen LogP) is 4.03. The van der Waals surface area contributed by atoms with Gasteiger partial charge in [-0.05, 0) is 37.6 Å². The van der Waals surface area contributed by atoms with Gasteiger partial charge in [0.15, 0.2) is 17.3 Å². The number of hydrogen-bond donors (Lipinski definition) is 1. The Morgan fingerprint density at radius 3 is 2.37 bits per heavy atom. The van der Waals surface area contributed by atoms with E-state index in [9.17, 15) is 4.79 Å². The Morgan fingerprint density at radius 1 is 1.04 bits per heavy atom. The van der Waals surface area contributed by atoms with Crippen LogP contribution in [0, 0.1) is 0 Å². The van der Waals surface area contributed by atoms with Gasteiger partial charge in [-0.25, -0.2) is 0 Å². The van der Waals surface area contributed by atoms with Crippen LogP contribution in [0.5, 0.6) is 11.5 Å². The molecule has 2 rings (SSSR count). The number of methoxy groups -OCH3 is 2. The zero-order chi connectivity index (χ0) is 19.6. The smallest absolute Gasteiger partial charge is 0.164 e. The van der Waals surface area contributed by atoms with Crippen molar-refractivity contribution in [3.63, 3.8) is 0 Å². The van der Waals surface area contributed by atoms with Crippen molar-refractivity contribution in [3.05, 3.63) is 59.7 Å². The van der Waals surface area contributed by atoms with Gasteiger partial charge in [-0.15, -0.1) is 0 Å². The van der Waals surface area contributed by atoms with E-state index < -0.39 is 0 Å². The molecule has 27 heavy (non-hydrogen) atoms. The molecule has 5 nitrogen and oxygen atoms in total. The molecule has 1 N–H and O–H groups in total. The van der Waals surface area contributed by atoms with Crippen molar-refractivity contribution in [1.82, 2.24) is 5.32 Å². The third-order valence-corrected chi connectivity index (χ3v) is 4.45. The highest BCUT2D eigenvalue weighted by Gasteiger charge is 2.19. The molecule has 5 heteroatoms. The molecule has 2 unspecified atom stereocenters. The minimum absolute atomic E-state index is 0.0487. The average Bonchev–Trinajstić information content (AvgIpc) is 2.71. The van der Waals surface area contributed by atoms with Crippen molar-refractivity contribution in [2.75, 3.05) is 27.4 Å². The summed E-state index contributed by atoms with van der Waals surface area (Å²) in [6.45, 7) is 5.28. The van der Waals surface area contributed by atoms with Crippen LogP contribution in [0.4, 0.5) is 0 Å². The second kappa shape index (κ2) is 10.7. The molecule has 146 valence electrons. The van der Waals surface area contributed by atoms with Crippen molar-refractivity contribution < 1.29 is 19.0 Å². The third-order valence-electron chi connectivity index (χ3n) is 4.45. The van der Waals surface area contributed by atoms with E-state index in [1.54, 1.807) is 32.4 Å². The molecular weight excluding hydrogens is 342 g/mol. The molecule has 0 aromatic heterocycles. The first-order chi connectivity index (χ1) is 13.1. The quantitative estimate of drug-likeness (QED) is 0.604. The van der Waals surface area contributed by atoms with Gasteiger partial charge in [0.2, 0.25) is 0 Å². The Labute approximate surface area is 161 Å². The van der Waals surface area contributed by atoms with Crippen LogP contribution in [0.15, 0.2) is 48.5 Å². The summed E-state index contributed by atoms with van der Waals surface area (Å²) < 4.78 is 16.4. The monoisotopic (exact) mass is 371 g/mol. The van der Waals surface area contributed by atoms with Crippen molar-refractivity contribution in [1.29, 1.82) is 0 Å². The number of carbonyl (C=O) groups is 1. The van der Waals surface area contributed by atoms with Gasteiger partial charge < -0.3 is 19.5 Å². The lowest BCUT2D eigenvalue weighted by Gasteiger charge is -2.25. The first-order valence-corrected chi connectivity index (χ1v) is 9.25. The molecule has 0 saturated heterocycles. The zero-order valence-electron chi connectivity index (χ0n) is 16.5. The van der Waals surface area contributed by atoms with E-state index in [1.807, 2.05) is 25.1 Å². The second-order valence-corrected chi connectivity index (χ2v) is 6.27. The molecular formula is C22H29NO4. The molecule has 2 aromatic rings. The van der Waals surface area contributed by atoms with E-state index in [4.69, 9.17) is 14.2 Å². The summed E-state index contributed by atoms with van der Waals surface area (Å²) >= 11 is 0. The molecule has 0 bridgehead atoms. The standard InChI is InChI=1S/C22H29NO4/c1-5-27-22(17-9-7-6-8-10-17)16(2)23-14-13-19(24)18-11-12-20(25-3)21(15-18)26-4/h6-12,15-16,22-23H,5,13-14H2,1-4H3. The molecule has 2 atom stereocenters. The van der Waals surface area contributed by atoms with Crippen LogP contribution in [0.3, 0.4) is 0 Å². The molecule has 0 saturated carbocycles. The Bertz CT molecular complexity index is 718. The van der Waals surface area contributed by atoms with Gasteiger partial charge in [0.1, 0.15) is 0 Å². The summed E-state index contributed by atoms with van der Waals surface area (Å²) in [5.74, 6) is 1.23. The maximum Gasteiger partial charge on any atom is 0.164 e. The van der Waals surface area contributed by atoms with E-state index in [1.165, 1.54) is 0 Å². The summed E-state index contributed by atoms with van der Waals surface area (Å²) in [7, 11) is 3.14. The van der Waals surface area contributed by atoms with Crippen LogP contribution in [-0.4, -0.2) is 39.2 Å². The Balaban J connectivity index is 1.93. The van der Waals surface area contributed by atoms with Crippen molar-refractivity contribution in [2.45, 2.75) is 32.4 Å². The van der Waals surface area contributed by atoms with E-state index in [0.29, 0.717) is 36.6 Å². The number of ketones is 1. The summed E-state index contributed by atoms with van der Waals surface area (Å²) in [6, 6.07) is 15.5. The number of nitrogens with one attached hydrogen (secondary N) is 1. The molecule has 2 aromatic carbocycles. The minimum Gasteiger partial charge on any atom is -0.493 e. The minimum atomic E-state index is -0.0487. The number of ether oxygens (including phenoxy) is 3. The lowest BCUT2D eigenvalue weighted by molar-refractivity contribution is 0.0378. The number of rotatable bonds is 11. The van der Waals surface area contributed by atoms with Crippen LogP contribution >= 0.6 is 0 Å². The maximum atomic E-state index is 12.5. The third kappa shape index (κ3) is 5.81. The van der Waals surface area contributed by atoms with Crippen LogP contribution in [0.25, 0.3) is 0 Å². The number of hydrogen-bond acceptors (Lipinski definition) is 5. The molecule has 0 spiro atoms. The van der Waals surface area contributed by atoms with Gasteiger partial charge in [0.05, 0.1) is 20.3 Å². The Kier molecular flexibility index (Phi) is 8.30. The van der Waals surface area contributed by atoms with Gasteiger partial charge in [-0.3, -0.25) is 4.79 Å². The molecule has 0 fully saturated rings. The highest BCUT2D eigenvalue weighted by Crippen LogP contribution is 2.28. The van der Waals surface area contributed by atoms with Gasteiger partial charge >= 0.3 is 0 Å². The van der Waals surface area contributed by atoms with Gasteiger partial charge in [0, 0.05) is 31.2 Å². The first kappa shape index (κ1) is 20.9. The first-order valence-electron chi connectivity index (χ1n) is 9.25.